The summed E-state index contributed by atoms with van der Waals surface area (Å²) in [4.78, 5) is 7.04. The number of nitrogens with one attached hydrogen (secondary N) is 1. The van der Waals surface area contributed by atoms with Crippen molar-refractivity contribution in [1.29, 1.82) is 0 Å². The number of rotatable bonds is 4. The monoisotopic (exact) mass is 342 g/mol. The van der Waals surface area contributed by atoms with E-state index in [4.69, 9.17) is 0 Å². The van der Waals surface area contributed by atoms with Crippen LogP contribution in [0.4, 0.5) is 0 Å². The van der Waals surface area contributed by atoms with Crippen molar-refractivity contribution < 1.29 is 5.11 Å². The lowest BCUT2D eigenvalue weighted by Crippen LogP contribution is -2.51. The first-order chi connectivity index (χ1) is 12.2. The fraction of sp³-hybridized carbons (Fsp3) is 0.650. The average molecular weight is 342 g/mol. The topological polar surface area (TPSA) is 52.8 Å². The fourth-order valence-electron chi connectivity index (χ4n) is 4.47. The number of fused-ring (bicyclic) bond motifs is 1. The van der Waals surface area contributed by atoms with Crippen LogP contribution in [0.25, 0.3) is 5.65 Å². The Labute approximate surface area is 150 Å². The molecule has 2 N–H and O–H groups in total. The van der Waals surface area contributed by atoms with Gasteiger partial charge in [-0.3, -0.25) is 4.90 Å². The second-order valence-corrected chi connectivity index (χ2v) is 7.79. The van der Waals surface area contributed by atoms with Gasteiger partial charge in [0.25, 0.3) is 0 Å². The quantitative estimate of drug-likeness (QED) is 0.896. The molecule has 1 saturated heterocycles. The second kappa shape index (κ2) is 7.44. The normalized spacial score (nSPS) is 26.3. The maximum Gasteiger partial charge on any atom is 0.137 e. The molecule has 5 nitrogen and oxygen atoms in total. The molecule has 2 atom stereocenters. The van der Waals surface area contributed by atoms with Gasteiger partial charge in [-0.1, -0.05) is 12.8 Å². The van der Waals surface area contributed by atoms with Crippen molar-refractivity contribution in [1.82, 2.24) is 19.6 Å². The van der Waals surface area contributed by atoms with Gasteiger partial charge in [0, 0.05) is 37.9 Å². The Morgan fingerprint density at radius 1 is 1.20 bits per heavy atom. The predicted octanol–water partition coefficient (Wildman–Crippen LogP) is 2.50. The number of hydrogen-bond acceptors (Lipinski definition) is 4. The van der Waals surface area contributed by atoms with Gasteiger partial charge in [0.1, 0.15) is 5.65 Å². The molecule has 0 spiro atoms. The molecule has 1 aliphatic heterocycles. The van der Waals surface area contributed by atoms with E-state index in [9.17, 15) is 5.11 Å². The van der Waals surface area contributed by atoms with E-state index < -0.39 is 0 Å². The zero-order valence-corrected chi connectivity index (χ0v) is 15.2. The molecule has 3 heterocycles. The van der Waals surface area contributed by atoms with Gasteiger partial charge < -0.3 is 14.8 Å². The standard InChI is InChI=1S/C20H30N4O/c1-15-6-11-24-17(14-22-20(24)12-15)13-21-16-7-9-23(10-8-16)18-4-2-3-5-19(18)25/h6,11-12,14,16,18-19,21,25H,2-5,7-10,13H2,1H3. The maximum absolute atomic E-state index is 10.3. The lowest BCUT2D eigenvalue weighted by Gasteiger charge is -2.41. The third-order valence-corrected chi connectivity index (χ3v) is 6.01. The molecule has 0 bridgehead atoms. The van der Waals surface area contributed by atoms with Crippen LogP contribution < -0.4 is 5.32 Å². The van der Waals surface area contributed by atoms with Crippen LogP contribution in [0.2, 0.25) is 0 Å². The van der Waals surface area contributed by atoms with Crippen LogP contribution in [-0.2, 0) is 6.54 Å². The van der Waals surface area contributed by atoms with E-state index in [1.807, 2.05) is 6.20 Å². The molecule has 2 aliphatic rings. The Bertz CT molecular complexity index is 705. The maximum atomic E-state index is 10.3. The minimum Gasteiger partial charge on any atom is -0.391 e. The molecule has 0 aromatic carbocycles. The summed E-state index contributed by atoms with van der Waals surface area (Å²) in [5.41, 5.74) is 3.49. The highest BCUT2D eigenvalue weighted by molar-refractivity contribution is 5.42. The molecule has 25 heavy (non-hydrogen) atoms. The van der Waals surface area contributed by atoms with E-state index in [0.717, 1.165) is 31.7 Å². The highest BCUT2D eigenvalue weighted by atomic mass is 16.3. The zero-order chi connectivity index (χ0) is 17.2. The first kappa shape index (κ1) is 17.0. The van der Waals surface area contributed by atoms with Crippen LogP contribution in [0.1, 0.15) is 49.8 Å². The summed E-state index contributed by atoms with van der Waals surface area (Å²) in [6.07, 6.45) is 10.9. The Hall–Kier alpha value is -1.43. The number of aliphatic hydroxyl groups is 1. The van der Waals surface area contributed by atoms with E-state index in [2.05, 4.69) is 44.9 Å². The number of aryl methyl sites for hydroxylation is 1. The van der Waals surface area contributed by atoms with E-state index in [0.29, 0.717) is 12.1 Å². The smallest absolute Gasteiger partial charge is 0.137 e. The zero-order valence-electron chi connectivity index (χ0n) is 15.2. The number of likely N-dealkylation sites (tertiary alicyclic amines) is 1. The molecule has 136 valence electrons. The summed E-state index contributed by atoms with van der Waals surface area (Å²) < 4.78 is 2.17. The minimum absolute atomic E-state index is 0.111. The van der Waals surface area contributed by atoms with E-state index in [1.54, 1.807) is 0 Å². The average Bonchev–Trinajstić information content (AvgIpc) is 3.03. The Kier molecular flexibility index (Phi) is 5.06. The lowest BCUT2D eigenvalue weighted by atomic mass is 9.89. The minimum atomic E-state index is -0.111. The third-order valence-electron chi connectivity index (χ3n) is 6.01. The molecular weight excluding hydrogens is 312 g/mol. The van der Waals surface area contributed by atoms with Crippen molar-refractivity contribution in [3.63, 3.8) is 0 Å². The third kappa shape index (κ3) is 3.73. The first-order valence-corrected chi connectivity index (χ1v) is 9.79. The van der Waals surface area contributed by atoms with E-state index in [1.165, 1.54) is 43.4 Å². The molecule has 1 saturated carbocycles. The largest absolute Gasteiger partial charge is 0.391 e. The van der Waals surface area contributed by atoms with E-state index in [-0.39, 0.29) is 6.10 Å². The number of piperidine rings is 1. The summed E-state index contributed by atoms with van der Waals surface area (Å²) in [6.45, 7) is 5.17. The molecule has 5 heteroatoms. The summed E-state index contributed by atoms with van der Waals surface area (Å²) in [7, 11) is 0. The predicted molar refractivity (Wildman–Crippen MR) is 99.6 cm³/mol. The van der Waals surface area contributed by atoms with Crippen molar-refractivity contribution in [2.24, 2.45) is 0 Å². The van der Waals surface area contributed by atoms with Gasteiger partial charge in [-0.25, -0.2) is 4.98 Å². The molecule has 2 unspecified atom stereocenters. The number of pyridine rings is 1. The molecule has 0 amide bonds. The van der Waals surface area contributed by atoms with Gasteiger partial charge in [-0.05, 0) is 50.3 Å². The highest BCUT2D eigenvalue weighted by Crippen LogP contribution is 2.26. The number of aromatic nitrogens is 2. The van der Waals surface area contributed by atoms with Crippen LogP contribution in [0, 0.1) is 6.92 Å². The SMILES string of the molecule is Cc1ccn2c(CNC3CCN(C4CCCCC4O)CC3)cnc2c1. The summed E-state index contributed by atoms with van der Waals surface area (Å²) in [5.74, 6) is 0. The number of imidazole rings is 1. The Morgan fingerprint density at radius 3 is 2.80 bits per heavy atom. The van der Waals surface area contributed by atoms with Gasteiger partial charge in [-0.15, -0.1) is 0 Å². The van der Waals surface area contributed by atoms with Crippen molar-refractivity contribution in [3.05, 3.63) is 35.8 Å². The van der Waals surface area contributed by atoms with Crippen LogP contribution >= 0.6 is 0 Å². The van der Waals surface area contributed by atoms with Crippen molar-refractivity contribution in [2.75, 3.05) is 13.1 Å². The number of nitrogens with zero attached hydrogens (tertiary/aromatic N) is 3. The summed E-state index contributed by atoms with van der Waals surface area (Å²) >= 11 is 0. The molecule has 2 aromatic rings. The highest BCUT2D eigenvalue weighted by Gasteiger charge is 2.31. The molecule has 2 fully saturated rings. The summed E-state index contributed by atoms with van der Waals surface area (Å²) in [5, 5.41) is 14.0. The second-order valence-electron chi connectivity index (χ2n) is 7.79. The molecule has 1 aliphatic carbocycles. The van der Waals surface area contributed by atoms with Gasteiger partial charge in [0.15, 0.2) is 0 Å². The van der Waals surface area contributed by atoms with Crippen LogP contribution in [0.15, 0.2) is 24.5 Å². The molecular formula is C20H30N4O. The lowest BCUT2D eigenvalue weighted by molar-refractivity contribution is 0.00712. The van der Waals surface area contributed by atoms with E-state index >= 15 is 0 Å². The van der Waals surface area contributed by atoms with Crippen LogP contribution in [0.3, 0.4) is 0 Å². The number of hydrogen-bond donors (Lipinski definition) is 2. The van der Waals surface area contributed by atoms with Crippen molar-refractivity contribution in [2.45, 2.75) is 70.2 Å². The molecule has 0 radical (unpaired) electrons. The van der Waals surface area contributed by atoms with Crippen molar-refractivity contribution in [3.8, 4) is 0 Å². The van der Waals surface area contributed by atoms with Crippen molar-refractivity contribution >= 4 is 5.65 Å². The number of aliphatic hydroxyl groups excluding tert-OH is 1. The van der Waals surface area contributed by atoms with Gasteiger partial charge >= 0.3 is 0 Å². The Balaban J connectivity index is 1.30. The van der Waals surface area contributed by atoms with Crippen LogP contribution in [0.5, 0.6) is 0 Å². The first-order valence-electron chi connectivity index (χ1n) is 9.79. The molecule has 2 aromatic heterocycles. The summed E-state index contributed by atoms with van der Waals surface area (Å²) in [6, 6.07) is 5.22. The fourth-order valence-corrected chi connectivity index (χ4v) is 4.47. The van der Waals surface area contributed by atoms with Gasteiger partial charge in [0.2, 0.25) is 0 Å². The molecule has 4 rings (SSSR count). The van der Waals surface area contributed by atoms with Gasteiger partial charge in [-0.2, -0.15) is 0 Å². The van der Waals surface area contributed by atoms with Gasteiger partial charge in [0.05, 0.1) is 18.0 Å². The van der Waals surface area contributed by atoms with Crippen LogP contribution in [-0.4, -0.2) is 50.7 Å². The Morgan fingerprint density at radius 2 is 2.00 bits per heavy atom.